The minimum absolute atomic E-state index is 0.0716. The minimum Gasteiger partial charge on any atom is -0.0781 e. The summed E-state index contributed by atoms with van der Waals surface area (Å²) in [6.07, 6.45) is 3.55. The molecule has 1 aliphatic carbocycles. The van der Waals surface area contributed by atoms with Gasteiger partial charge in [-0.05, 0) is 78.7 Å². The molecule has 0 bridgehead atoms. The van der Waals surface area contributed by atoms with Crippen molar-refractivity contribution < 1.29 is 0 Å². The molecule has 0 heteroatoms. The molecule has 2 unspecified atom stereocenters. The number of rotatable bonds is 2. The summed E-state index contributed by atoms with van der Waals surface area (Å²) in [5.41, 5.74) is 9.67. The van der Waals surface area contributed by atoms with Crippen LogP contribution in [0.5, 0.6) is 0 Å². The molecule has 0 amide bonds. The van der Waals surface area contributed by atoms with Crippen molar-refractivity contribution in [2.75, 3.05) is 0 Å². The fraction of sp³-hybridized carbons (Fsp3) is 0.538. The van der Waals surface area contributed by atoms with Crippen molar-refractivity contribution in [2.24, 2.45) is 5.92 Å². The van der Waals surface area contributed by atoms with E-state index < -0.39 is 0 Å². The van der Waals surface area contributed by atoms with E-state index >= 15 is 0 Å². The first-order valence-corrected chi connectivity index (χ1v) is 9.96. The molecule has 0 saturated carbocycles. The third kappa shape index (κ3) is 4.16. The lowest BCUT2D eigenvalue weighted by Gasteiger charge is -2.32. The predicted octanol–water partition coefficient (Wildman–Crippen LogP) is 7.68. The second-order valence-electron chi connectivity index (χ2n) is 10.4. The Hall–Kier alpha value is -1.30. The molecule has 0 saturated heterocycles. The monoisotopic (exact) mass is 350 g/mol. The van der Waals surface area contributed by atoms with E-state index in [1.165, 1.54) is 39.0 Å². The van der Waals surface area contributed by atoms with Gasteiger partial charge in [-0.15, -0.1) is 0 Å². The molecule has 0 heterocycles. The van der Waals surface area contributed by atoms with Crippen molar-refractivity contribution in [3.8, 4) is 0 Å². The molecule has 1 aromatic carbocycles. The molecular weight excluding hydrogens is 312 g/mol. The van der Waals surface area contributed by atoms with Gasteiger partial charge < -0.3 is 0 Å². The molecule has 2 atom stereocenters. The molecule has 1 aromatic rings. The Kier molecular flexibility index (Phi) is 5.67. The predicted molar refractivity (Wildman–Crippen MR) is 117 cm³/mol. The summed E-state index contributed by atoms with van der Waals surface area (Å²) in [5, 5.41) is 0. The number of allylic oxidation sites excluding steroid dienone is 4. The van der Waals surface area contributed by atoms with Crippen molar-refractivity contribution in [2.45, 2.75) is 85.5 Å². The van der Waals surface area contributed by atoms with Gasteiger partial charge in [0.15, 0.2) is 0 Å². The van der Waals surface area contributed by atoms with Gasteiger partial charge in [-0.25, -0.2) is 0 Å². The summed E-state index contributed by atoms with van der Waals surface area (Å²) in [7, 11) is 0. The molecule has 2 rings (SSSR count). The van der Waals surface area contributed by atoms with Gasteiger partial charge >= 0.3 is 0 Å². The average molecular weight is 351 g/mol. The Labute approximate surface area is 162 Å². The van der Waals surface area contributed by atoms with E-state index in [-0.39, 0.29) is 16.7 Å². The van der Waals surface area contributed by atoms with Crippen LogP contribution in [-0.2, 0) is 10.8 Å². The lowest BCUT2D eigenvalue weighted by molar-refractivity contribution is 0.562. The van der Waals surface area contributed by atoms with Crippen LogP contribution < -0.4 is 0 Å². The average Bonchev–Trinajstić information content (AvgIpc) is 2.43. The zero-order chi connectivity index (χ0) is 20.0. The van der Waals surface area contributed by atoms with Gasteiger partial charge in [-0.3, -0.25) is 0 Å². The van der Waals surface area contributed by atoms with E-state index in [0.29, 0.717) is 5.92 Å². The van der Waals surface area contributed by atoms with Gasteiger partial charge in [-0.1, -0.05) is 77.8 Å². The molecular formula is C26H38. The Morgan fingerprint density at radius 1 is 0.962 bits per heavy atom. The lowest BCUT2D eigenvalue weighted by Crippen LogP contribution is -2.21. The molecule has 26 heavy (non-hydrogen) atoms. The standard InChI is InChI=1S/C26H38/c1-16-12-17(2)24(18(3)13-16)19(4)21-14-22(25(6,7)8)20(5)23(15-21)26(9,10)11/h12,14-16,19H,4-5,13H2,1-3,6-11H3. The highest BCUT2D eigenvalue weighted by Gasteiger charge is 2.27. The van der Waals surface area contributed by atoms with Crippen LogP contribution in [0.4, 0.5) is 0 Å². The normalized spacial score (nSPS) is 20.3. The molecule has 0 aliphatic heterocycles. The SMILES string of the molecule is [CH2]c1c(C(C)(C)C)cc(C([CH2])C2=C(C)CC(C)C=C2C)cc1C(C)(C)C. The highest BCUT2D eigenvalue weighted by Crippen LogP contribution is 2.41. The van der Waals surface area contributed by atoms with Crippen LogP contribution >= 0.6 is 0 Å². The zero-order valence-corrected chi connectivity index (χ0v) is 18.5. The number of hydrogen-bond acceptors (Lipinski definition) is 0. The third-order valence-corrected chi connectivity index (χ3v) is 5.69. The summed E-state index contributed by atoms with van der Waals surface area (Å²) in [6.45, 7) is 29.6. The molecule has 1 aliphatic rings. The Morgan fingerprint density at radius 2 is 1.42 bits per heavy atom. The van der Waals surface area contributed by atoms with Crippen LogP contribution in [0.25, 0.3) is 0 Å². The van der Waals surface area contributed by atoms with Gasteiger partial charge in [0, 0.05) is 5.92 Å². The maximum Gasteiger partial charge on any atom is 0.00918 e. The molecule has 0 spiro atoms. The smallest absolute Gasteiger partial charge is 0.00918 e. The van der Waals surface area contributed by atoms with Crippen LogP contribution in [0, 0.1) is 19.8 Å². The quantitative estimate of drug-likeness (QED) is 0.513. The van der Waals surface area contributed by atoms with Gasteiger partial charge in [0.05, 0.1) is 0 Å². The first-order chi connectivity index (χ1) is 11.7. The van der Waals surface area contributed by atoms with Crippen LogP contribution in [0.2, 0.25) is 0 Å². The summed E-state index contributed by atoms with van der Waals surface area (Å²) < 4.78 is 0. The van der Waals surface area contributed by atoms with Crippen molar-refractivity contribution >= 4 is 0 Å². The van der Waals surface area contributed by atoms with Gasteiger partial charge in [0.25, 0.3) is 0 Å². The number of hydrogen-bond donors (Lipinski definition) is 0. The van der Waals surface area contributed by atoms with E-state index in [4.69, 9.17) is 0 Å². The van der Waals surface area contributed by atoms with Crippen LogP contribution in [-0.4, -0.2) is 0 Å². The number of benzene rings is 1. The second-order valence-corrected chi connectivity index (χ2v) is 10.4. The topological polar surface area (TPSA) is 0 Å². The highest BCUT2D eigenvalue weighted by molar-refractivity contribution is 5.53. The summed E-state index contributed by atoms with van der Waals surface area (Å²) >= 11 is 0. The zero-order valence-electron chi connectivity index (χ0n) is 18.5. The van der Waals surface area contributed by atoms with Gasteiger partial charge in [0.1, 0.15) is 0 Å². The van der Waals surface area contributed by atoms with Crippen molar-refractivity contribution in [1.29, 1.82) is 0 Å². The summed E-state index contributed by atoms with van der Waals surface area (Å²) in [5.74, 6) is 0.796. The fourth-order valence-corrected chi connectivity index (χ4v) is 4.48. The van der Waals surface area contributed by atoms with Crippen LogP contribution in [0.1, 0.15) is 96.9 Å². The molecule has 0 N–H and O–H groups in total. The summed E-state index contributed by atoms with van der Waals surface area (Å²) in [6, 6.07) is 4.72. The van der Waals surface area contributed by atoms with Crippen molar-refractivity contribution in [1.82, 2.24) is 0 Å². The Morgan fingerprint density at radius 3 is 1.81 bits per heavy atom. The van der Waals surface area contributed by atoms with Crippen molar-refractivity contribution in [3.63, 3.8) is 0 Å². The van der Waals surface area contributed by atoms with E-state index in [1.54, 1.807) is 0 Å². The molecule has 0 fully saturated rings. The lowest BCUT2D eigenvalue weighted by atomic mass is 9.72. The maximum absolute atomic E-state index is 4.61. The van der Waals surface area contributed by atoms with Crippen molar-refractivity contribution in [3.05, 3.63) is 71.0 Å². The molecule has 0 nitrogen and oxygen atoms in total. The highest BCUT2D eigenvalue weighted by atomic mass is 14.3. The first kappa shape index (κ1) is 21.0. The summed E-state index contributed by atoms with van der Waals surface area (Å²) in [4.78, 5) is 0. The fourth-order valence-electron chi connectivity index (χ4n) is 4.48. The molecule has 142 valence electrons. The third-order valence-electron chi connectivity index (χ3n) is 5.69. The Balaban J connectivity index is 2.67. The molecule has 2 radical (unpaired) electrons. The largest absolute Gasteiger partial charge is 0.0781 e. The van der Waals surface area contributed by atoms with Gasteiger partial charge in [0.2, 0.25) is 0 Å². The first-order valence-electron chi connectivity index (χ1n) is 9.96. The Bertz CT molecular complexity index is 706. The van der Waals surface area contributed by atoms with E-state index in [0.717, 1.165) is 6.42 Å². The molecule has 0 aromatic heterocycles. The van der Waals surface area contributed by atoms with E-state index in [9.17, 15) is 0 Å². The van der Waals surface area contributed by atoms with E-state index in [1.807, 2.05) is 0 Å². The van der Waals surface area contributed by atoms with Crippen LogP contribution in [0.15, 0.2) is 34.9 Å². The minimum atomic E-state index is 0.0716. The van der Waals surface area contributed by atoms with E-state index in [2.05, 4.69) is 94.4 Å². The second kappa shape index (κ2) is 7.02. The maximum atomic E-state index is 4.61. The van der Waals surface area contributed by atoms with Gasteiger partial charge in [-0.2, -0.15) is 0 Å². The van der Waals surface area contributed by atoms with Crippen LogP contribution in [0.3, 0.4) is 0 Å².